The van der Waals surface area contributed by atoms with Gasteiger partial charge >= 0.3 is 0 Å². The lowest BCUT2D eigenvalue weighted by atomic mass is 10.0. The second kappa shape index (κ2) is 4.67. The van der Waals surface area contributed by atoms with Crippen molar-refractivity contribution in [2.75, 3.05) is 0 Å². The minimum atomic E-state index is -0.101. The Bertz CT molecular complexity index is 487. The number of aromatic nitrogens is 3. The molecule has 1 heterocycles. The van der Waals surface area contributed by atoms with Crippen molar-refractivity contribution in [3.63, 3.8) is 0 Å². The minimum absolute atomic E-state index is 0.101. The fraction of sp³-hybridized carbons (Fsp3) is 0.385. The summed E-state index contributed by atoms with van der Waals surface area (Å²) in [4.78, 5) is 0. The molecule has 2 aromatic rings. The van der Waals surface area contributed by atoms with Crippen LogP contribution >= 0.6 is 0 Å². The van der Waals surface area contributed by atoms with Crippen molar-refractivity contribution < 1.29 is 0 Å². The highest BCUT2D eigenvalue weighted by Gasteiger charge is 2.19. The first-order valence-electron chi connectivity index (χ1n) is 5.84. The second-order valence-corrected chi connectivity index (χ2v) is 4.55. The second-order valence-electron chi connectivity index (χ2n) is 4.55. The number of nitrogens with two attached hydrogens (primary N) is 1. The summed E-state index contributed by atoms with van der Waals surface area (Å²) in [6, 6.07) is 9.96. The molecule has 0 aliphatic carbocycles. The molecule has 17 heavy (non-hydrogen) atoms. The molecule has 4 heteroatoms. The van der Waals surface area contributed by atoms with Crippen LogP contribution in [0.3, 0.4) is 0 Å². The lowest BCUT2D eigenvalue weighted by molar-refractivity contribution is 0.483. The Morgan fingerprint density at radius 3 is 2.35 bits per heavy atom. The maximum absolute atomic E-state index is 6.17. The number of aryl methyl sites for hydroxylation is 1. The van der Waals surface area contributed by atoms with E-state index in [1.807, 2.05) is 41.8 Å². The van der Waals surface area contributed by atoms with Crippen molar-refractivity contribution in [3.05, 3.63) is 42.0 Å². The zero-order valence-electron chi connectivity index (χ0n) is 10.5. The molecular formula is C13H18N4. The van der Waals surface area contributed by atoms with Gasteiger partial charge in [0.15, 0.2) is 5.82 Å². The lowest BCUT2D eigenvalue weighted by Gasteiger charge is -2.16. The number of benzene rings is 1. The summed E-state index contributed by atoms with van der Waals surface area (Å²) in [6.45, 7) is 6.12. The molecule has 0 amide bonds. The highest BCUT2D eigenvalue weighted by atomic mass is 15.3. The molecule has 0 fully saturated rings. The molecule has 2 N–H and O–H groups in total. The maximum Gasteiger partial charge on any atom is 0.154 e. The van der Waals surface area contributed by atoms with Gasteiger partial charge in [-0.3, -0.25) is 4.57 Å². The summed E-state index contributed by atoms with van der Waals surface area (Å²) in [5.41, 5.74) is 7.22. The molecule has 1 aromatic heterocycles. The molecule has 0 aliphatic heterocycles. The van der Waals surface area contributed by atoms with Crippen molar-refractivity contribution in [2.24, 2.45) is 11.7 Å². The average molecular weight is 230 g/mol. The molecule has 1 aromatic carbocycles. The summed E-state index contributed by atoms with van der Waals surface area (Å²) in [5.74, 6) is 2.02. The number of rotatable bonds is 3. The van der Waals surface area contributed by atoms with Gasteiger partial charge in [0.25, 0.3) is 0 Å². The molecule has 0 saturated heterocycles. The molecule has 0 radical (unpaired) electrons. The Hall–Kier alpha value is -1.68. The van der Waals surface area contributed by atoms with Crippen LogP contribution in [0.15, 0.2) is 30.3 Å². The van der Waals surface area contributed by atoms with Crippen LogP contribution in [-0.4, -0.2) is 14.8 Å². The predicted molar refractivity (Wildman–Crippen MR) is 67.9 cm³/mol. The Morgan fingerprint density at radius 1 is 1.12 bits per heavy atom. The van der Waals surface area contributed by atoms with Gasteiger partial charge in [-0.2, -0.15) is 0 Å². The Balaban J connectivity index is 2.51. The van der Waals surface area contributed by atoms with Gasteiger partial charge in [-0.1, -0.05) is 32.0 Å². The third-order valence-electron chi connectivity index (χ3n) is 2.88. The fourth-order valence-corrected chi connectivity index (χ4v) is 1.79. The Kier molecular flexibility index (Phi) is 3.24. The van der Waals surface area contributed by atoms with E-state index in [0.717, 1.165) is 17.3 Å². The van der Waals surface area contributed by atoms with Gasteiger partial charge in [0, 0.05) is 5.69 Å². The van der Waals surface area contributed by atoms with E-state index in [4.69, 9.17) is 5.73 Å². The maximum atomic E-state index is 6.17. The van der Waals surface area contributed by atoms with Gasteiger partial charge in [0.1, 0.15) is 5.82 Å². The van der Waals surface area contributed by atoms with E-state index in [1.165, 1.54) is 0 Å². The summed E-state index contributed by atoms with van der Waals surface area (Å²) in [5, 5.41) is 8.33. The van der Waals surface area contributed by atoms with Crippen LogP contribution in [0.4, 0.5) is 0 Å². The van der Waals surface area contributed by atoms with Gasteiger partial charge in [0.2, 0.25) is 0 Å². The quantitative estimate of drug-likeness (QED) is 0.879. The molecular weight excluding hydrogens is 212 g/mol. The van der Waals surface area contributed by atoms with Crippen LogP contribution in [0.2, 0.25) is 0 Å². The first-order valence-corrected chi connectivity index (χ1v) is 5.84. The van der Waals surface area contributed by atoms with E-state index in [0.29, 0.717) is 5.92 Å². The Labute approximate surface area is 101 Å². The van der Waals surface area contributed by atoms with Crippen molar-refractivity contribution >= 4 is 0 Å². The van der Waals surface area contributed by atoms with Crippen LogP contribution < -0.4 is 5.73 Å². The monoisotopic (exact) mass is 230 g/mol. The molecule has 2 rings (SSSR count). The van der Waals surface area contributed by atoms with Gasteiger partial charge in [-0.05, 0) is 25.0 Å². The Morgan fingerprint density at radius 2 is 1.76 bits per heavy atom. The first kappa shape index (κ1) is 11.8. The zero-order chi connectivity index (χ0) is 12.4. The van der Waals surface area contributed by atoms with E-state index < -0.39 is 0 Å². The number of para-hydroxylation sites is 1. The van der Waals surface area contributed by atoms with Crippen LogP contribution in [0, 0.1) is 12.8 Å². The highest BCUT2D eigenvalue weighted by molar-refractivity contribution is 5.34. The SMILES string of the molecule is Cc1nnc([C@@H](N)C(C)C)n1-c1ccccc1. The smallest absolute Gasteiger partial charge is 0.154 e. The molecule has 0 saturated carbocycles. The van der Waals surface area contributed by atoms with E-state index in [1.54, 1.807) is 0 Å². The van der Waals surface area contributed by atoms with E-state index in [9.17, 15) is 0 Å². The first-order chi connectivity index (χ1) is 8.11. The van der Waals surface area contributed by atoms with Gasteiger partial charge in [-0.15, -0.1) is 10.2 Å². The van der Waals surface area contributed by atoms with Gasteiger partial charge < -0.3 is 5.73 Å². The van der Waals surface area contributed by atoms with Crippen LogP contribution in [0.25, 0.3) is 5.69 Å². The zero-order valence-corrected chi connectivity index (χ0v) is 10.5. The molecule has 0 bridgehead atoms. The van der Waals surface area contributed by atoms with Crippen molar-refractivity contribution in [1.29, 1.82) is 0 Å². The molecule has 0 aliphatic rings. The third kappa shape index (κ3) is 2.22. The number of nitrogens with zero attached hydrogens (tertiary/aromatic N) is 3. The largest absolute Gasteiger partial charge is 0.321 e. The van der Waals surface area contributed by atoms with Gasteiger partial charge in [0.05, 0.1) is 6.04 Å². The van der Waals surface area contributed by atoms with Crippen LogP contribution in [-0.2, 0) is 0 Å². The van der Waals surface area contributed by atoms with E-state index in [-0.39, 0.29) is 6.04 Å². The molecule has 0 spiro atoms. The van der Waals surface area contributed by atoms with E-state index in [2.05, 4.69) is 24.0 Å². The predicted octanol–water partition coefficient (Wildman–Crippen LogP) is 2.23. The summed E-state index contributed by atoms with van der Waals surface area (Å²) >= 11 is 0. The lowest BCUT2D eigenvalue weighted by Crippen LogP contribution is -2.21. The summed E-state index contributed by atoms with van der Waals surface area (Å²) < 4.78 is 2.02. The standard InChI is InChI=1S/C13H18N4/c1-9(2)12(14)13-16-15-10(3)17(13)11-7-5-4-6-8-11/h4-9,12H,14H2,1-3H3/t12-/m0/s1. The average Bonchev–Trinajstić information content (AvgIpc) is 2.71. The van der Waals surface area contributed by atoms with Gasteiger partial charge in [-0.25, -0.2) is 0 Å². The minimum Gasteiger partial charge on any atom is -0.321 e. The molecule has 90 valence electrons. The molecule has 4 nitrogen and oxygen atoms in total. The summed E-state index contributed by atoms with van der Waals surface area (Å²) in [7, 11) is 0. The number of hydrogen-bond acceptors (Lipinski definition) is 3. The van der Waals surface area contributed by atoms with E-state index >= 15 is 0 Å². The highest BCUT2D eigenvalue weighted by Crippen LogP contribution is 2.21. The molecule has 0 unspecified atom stereocenters. The fourth-order valence-electron chi connectivity index (χ4n) is 1.79. The van der Waals surface area contributed by atoms with Crippen molar-refractivity contribution in [2.45, 2.75) is 26.8 Å². The number of hydrogen-bond donors (Lipinski definition) is 1. The van der Waals surface area contributed by atoms with Crippen molar-refractivity contribution in [3.8, 4) is 5.69 Å². The van der Waals surface area contributed by atoms with Crippen molar-refractivity contribution in [1.82, 2.24) is 14.8 Å². The third-order valence-corrected chi connectivity index (χ3v) is 2.88. The molecule has 1 atom stereocenters. The van der Waals surface area contributed by atoms with Crippen LogP contribution in [0.1, 0.15) is 31.5 Å². The topological polar surface area (TPSA) is 56.7 Å². The normalized spacial score (nSPS) is 13.0. The summed E-state index contributed by atoms with van der Waals surface area (Å²) in [6.07, 6.45) is 0. The van der Waals surface area contributed by atoms with Crippen LogP contribution in [0.5, 0.6) is 0 Å².